The van der Waals surface area contributed by atoms with Crippen LogP contribution in [0.4, 0.5) is 0 Å². The number of rotatable bonds is 5. The van der Waals surface area contributed by atoms with Crippen molar-refractivity contribution in [3.63, 3.8) is 0 Å². The Balaban J connectivity index is 1.93. The molecule has 1 aliphatic rings. The molecule has 0 aromatic carbocycles. The summed E-state index contributed by atoms with van der Waals surface area (Å²) in [5, 5.41) is 3.08. The van der Waals surface area contributed by atoms with E-state index in [0.29, 0.717) is 6.54 Å². The van der Waals surface area contributed by atoms with E-state index in [2.05, 4.69) is 12.2 Å². The maximum atomic E-state index is 12.5. The average molecular weight is 322 g/mol. The summed E-state index contributed by atoms with van der Waals surface area (Å²) in [4.78, 5) is 28.6. The third-order valence-electron chi connectivity index (χ3n) is 4.14. The van der Waals surface area contributed by atoms with Gasteiger partial charge in [0.2, 0.25) is 5.91 Å². The monoisotopic (exact) mass is 322 g/mol. The second-order valence-corrected chi connectivity index (χ2v) is 7.49. The second kappa shape index (κ2) is 7.77. The van der Waals surface area contributed by atoms with Crippen LogP contribution in [0, 0.1) is 12.8 Å². The van der Waals surface area contributed by atoms with Gasteiger partial charge in [0.15, 0.2) is 0 Å². The molecule has 1 saturated heterocycles. The normalized spacial score (nSPS) is 19.8. The molecule has 1 aromatic rings. The predicted molar refractivity (Wildman–Crippen MR) is 90.2 cm³/mol. The van der Waals surface area contributed by atoms with Gasteiger partial charge in [0.05, 0.1) is 10.8 Å². The molecule has 0 unspecified atom stereocenters. The van der Waals surface area contributed by atoms with Crippen LogP contribution in [0.3, 0.4) is 0 Å². The standard InChI is InChI=1S/C17H26N2O2S/c1-4-6-12(2)18-16(20)14-7-5-10-19(11-14)17(21)15-9-8-13(3)22-15/h8-9,12,14H,4-7,10-11H2,1-3H3,(H,18,20)/t12-,14-/m0/s1. The fourth-order valence-corrected chi connectivity index (χ4v) is 3.78. The summed E-state index contributed by atoms with van der Waals surface area (Å²) in [6.45, 7) is 7.46. The molecule has 0 saturated carbocycles. The summed E-state index contributed by atoms with van der Waals surface area (Å²) in [5.41, 5.74) is 0. The van der Waals surface area contributed by atoms with Crippen molar-refractivity contribution in [2.24, 2.45) is 5.92 Å². The van der Waals surface area contributed by atoms with Gasteiger partial charge in [0.25, 0.3) is 5.91 Å². The molecule has 1 aliphatic heterocycles. The number of hydrogen-bond donors (Lipinski definition) is 1. The molecule has 2 amide bonds. The minimum absolute atomic E-state index is 0.0669. The number of carbonyl (C=O) groups is 2. The molecule has 4 nitrogen and oxygen atoms in total. The van der Waals surface area contributed by atoms with Gasteiger partial charge in [-0.2, -0.15) is 0 Å². The Morgan fingerprint density at radius 2 is 2.23 bits per heavy atom. The van der Waals surface area contributed by atoms with Crippen molar-refractivity contribution in [2.75, 3.05) is 13.1 Å². The molecule has 0 radical (unpaired) electrons. The van der Waals surface area contributed by atoms with E-state index in [1.165, 1.54) is 11.3 Å². The Morgan fingerprint density at radius 3 is 2.86 bits per heavy atom. The van der Waals surface area contributed by atoms with Crippen molar-refractivity contribution in [3.8, 4) is 0 Å². The van der Waals surface area contributed by atoms with Crippen LogP contribution in [0.5, 0.6) is 0 Å². The molecular formula is C17H26N2O2S. The third kappa shape index (κ3) is 4.32. The molecule has 0 aliphatic carbocycles. The SMILES string of the molecule is CCC[C@H](C)NC(=O)[C@H]1CCCN(C(=O)c2ccc(C)s2)C1. The van der Waals surface area contributed by atoms with E-state index in [0.717, 1.165) is 42.0 Å². The minimum Gasteiger partial charge on any atom is -0.353 e. The summed E-state index contributed by atoms with van der Waals surface area (Å²) in [7, 11) is 0. The van der Waals surface area contributed by atoms with E-state index < -0.39 is 0 Å². The molecule has 1 N–H and O–H groups in total. The first-order valence-electron chi connectivity index (χ1n) is 8.17. The van der Waals surface area contributed by atoms with Crippen LogP contribution in [0.15, 0.2) is 12.1 Å². The lowest BCUT2D eigenvalue weighted by atomic mass is 9.96. The lowest BCUT2D eigenvalue weighted by molar-refractivity contribution is -0.127. The molecule has 2 rings (SSSR count). The molecule has 22 heavy (non-hydrogen) atoms. The van der Waals surface area contributed by atoms with Gasteiger partial charge in [-0.3, -0.25) is 9.59 Å². The van der Waals surface area contributed by atoms with Crippen LogP contribution >= 0.6 is 11.3 Å². The van der Waals surface area contributed by atoms with Gasteiger partial charge in [0.1, 0.15) is 0 Å². The largest absolute Gasteiger partial charge is 0.353 e. The van der Waals surface area contributed by atoms with Gasteiger partial charge in [-0.15, -0.1) is 11.3 Å². The van der Waals surface area contributed by atoms with Gasteiger partial charge in [-0.05, 0) is 45.2 Å². The highest BCUT2D eigenvalue weighted by atomic mass is 32.1. The molecule has 5 heteroatoms. The number of carbonyl (C=O) groups excluding carboxylic acids is 2. The van der Waals surface area contributed by atoms with Gasteiger partial charge in [-0.25, -0.2) is 0 Å². The summed E-state index contributed by atoms with van der Waals surface area (Å²) in [6.07, 6.45) is 3.83. The molecular weight excluding hydrogens is 296 g/mol. The Hall–Kier alpha value is -1.36. The third-order valence-corrected chi connectivity index (χ3v) is 5.13. The van der Waals surface area contributed by atoms with E-state index in [9.17, 15) is 9.59 Å². The summed E-state index contributed by atoms with van der Waals surface area (Å²) in [6, 6.07) is 4.07. The summed E-state index contributed by atoms with van der Waals surface area (Å²) < 4.78 is 0. The van der Waals surface area contributed by atoms with Crippen molar-refractivity contribution in [1.29, 1.82) is 0 Å². The predicted octanol–water partition coefficient (Wildman–Crippen LogP) is 3.21. The zero-order valence-corrected chi connectivity index (χ0v) is 14.5. The van der Waals surface area contributed by atoms with Crippen LogP contribution in [-0.2, 0) is 4.79 Å². The number of likely N-dealkylation sites (tertiary alicyclic amines) is 1. The molecule has 1 aromatic heterocycles. The van der Waals surface area contributed by atoms with E-state index in [-0.39, 0.29) is 23.8 Å². The fraction of sp³-hybridized carbons (Fsp3) is 0.647. The fourth-order valence-electron chi connectivity index (χ4n) is 2.95. The number of aryl methyl sites for hydroxylation is 1. The highest BCUT2D eigenvalue weighted by Crippen LogP contribution is 2.22. The Morgan fingerprint density at radius 1 is 1.45 bits per heavy atom. The van der Waals surface area contributed by atoms with Crippen molar-refractivity contribution in [2.45, 2.75) is 52.5 Å². The number of nitrogens with one attached hydrogen (secondary N) is 1. The topological polar surface area (TPSA) is 49.4 Å². The van der Waals surface area contributed by atoms with Crippen LogP contribution in [-0.4, -0.2) is 35.8 Å². The molecule has 1 fully saturated rings. The smallest absolute Gasteiger partial charge is 0.263 e. The molecule has 2 atom stereocenters. The molecule has 2 heterocycles. The molecule has 122 valence electrons. The quantitative estimate of drug-likeness (QED) is 0.905. The first-order chi connectivity index (χ1) is 10.5. The maximum absolute atomic E-state index is 12.5. The van der Waals surface area contributed by atoms with Crippen molar-refractivity contribution >= 4 is 23.2 Å². The Labute approximate surface area is 136 Å². The zero-order chi connectivity index (χ0) is 16.1. The number of thiophene rings is 1. The Kier molecular flexibility index (Phi) is 6.00. The number of amides is 2. The lowest BCUT2D eigenvalue weighted by Gasteiger charge is -2.32. The van der Waals surface area contributed by atoms with E-state index >= 15 is 0 Å². The first kappa shape index (κ1) is 17.0. The first-order valence-corrected chi connectivity index (χ1v) is 8.99. The van der Waals surface area contributed by atoms with Crippen molar-refractivity contribution in [3.05, 3.63) is 21.9 Å². The highest BCUT2D eigenvalue weighted by Gasteiger charge is 2.29. The van der Waals surface area contributed by atoms with Gasteiger partial charge >= 0.3 is 0 Å². The van der Waals surface area contributed by atoms with Crippen LogP contribution in [0.1, 0.15) is 54.1 Å². The van der Waals surface area contributed by atoms with Gasteiger partial charge in [-0.1, -0.05) is 13.3 Å². The van der Waals surface area contributed by atoms with Gasteiger partial charge < -0.3 is 10.2 Å². The molecule has 0 spiro atoms. The maximum Gasteiger partial charge on any atom is 0.263 e. The lowest BCUT2D eigenvalue weighted by Crippen LogP contribution is -2.47. The van der Waals surface area contributed by atoms with E-state index in [1.54, 1.807) is 0 Å². The summed E-state index contributed by atoms with van der Waals surface area (Å²) in [5.74, 6) is 0.0936. The summed E-state index contributed by atoms with van der Waals surface area (Å²) >= 11 is 1.52. The van der Waals surface area contributed by atoms with Crippen molar-refractivity contribution in [1.82, 2.24) is 10.2 Å². The zero-order valence-electron chi connectivity index (χ0n) is 13.7. The number of nitrogens with zero attached hydrogens (tertiary/aromatic N) is 1. The van der Waals surface area contributed by atoms with Crippen LogP contribution in [0.2, 0.25) is 0 Å². The highest BCUT2D eigenvalue weighted by molar-refractivity contribution is 7.13. The van der Waals surface area contributed by atoms with Gasteiger partial charge in [0, 0.05) is 24.0 Å². The minimum atomic E-state index is -0.0712. The number of hydrogen-bond acceptors (Lipinski definition) is 3. The molecule has 0 bridgehead atoms. The second-order valence-electron chi connectivity index (χ2n) is 6.20. The Bertz CT molecular complexity index is 526. The van der Waals surface area contributed by atoms with Crippen LogP contribution < -0.4 is 5.32 Å². The average Bonchev–Trinajstić information content (AvgIpc) is 2.93. The number of piperidine rings is 1. The van der Waals surface area contributed by atoms with Crippen molar-refractivity contribution < 1.29 is 9.59 Å². The van der Waals surface area contributed by atoms with E-state index in [4.69, 9.17) is 0 Å². The van der Waals surface area contributed by atoms with Crippen LogP contribution in [0.25, 0.3) is 0 Å². The van der Waals surface area contributed by atoms with E-state index in [1.807, 2.05) is 30.9 Å².